The highest BCUT2D eigenvalue weighted by Crippen LogP contribution is 2.22. The van der Waals surface area contributed by atoms with Crippen LogP contribution < -0.4 is 15.5 Å². The normalized spacial score (nSPS) is 21.2. The average Bonchev–Trinajstić information content (AvgIpc) is 2.95. The molecule has 3 rings (SSSR count). The summed E-state index contributed by atoms with van der Waals surface area (Å²) in [5, 5.41) is 5.72. The summed E-state index contributed by atoms with van der Waals surface area (Å²) in [5.41, 5.74) is 1.63. The monoisotopic (exact) mass is 285 g/mol. The molecule has 1 aromatic carbocycles. The van der Waals surface area contributed by atoms with Gasteiger partial charge in [0, 0.05) is 30.4 Å². The third-order valence-corrected chi connectivity index (χ3v) is 3.94. The van der Waals surface area contributed by atoms with Crippen molar-refractivity contribution in [1.29, 1.82) is 0 Å². The molecule has 0 radical (unpaired) electrons. The third kappa shape index (κ3) is 3.07. The smallest absolute Gasteiger partial charge is 0.321 e. The Kier molecular flexibility index (Phi) is 3.90. The molecule has 2 aliphatic rings. The number of nitrogens with one attached hydrogen (secondary N) is 2. The van der Waals surface area contributed by atoms with E-state index in [9.17, 15) is 9.59 Å². The van der Waals surface area contributed by atoms with Gasteiger partial charge in [0.2, 0.25) is 5.91 Å². The second-order valence-corrected chi connectivity index (χ2v) is 5.40. The number of allylic oxidation sites excluding steroid dienone is 2. The predicted molar refractivity (Wildman–Crippen MR) is 82.3 cm³/mol. The fourth-order valence-corrected chi connectivity index (χ4v) is 2.72. The maximum Gasteiger partial charge on any atom is 0.321 e. The van der Waals surface area contributed by atoms with Gasteiger partial charge in [0.25, 0.3) is 0 Å². The minimum atomic E-state index is -0.0687. The Bertz CT molecular complexity index is 565. The number of carbonyl (C=O) groups is 2. The van der Waals surface area contributed by atoms with Crippen molar-refractivity contribution in [3.8, 4) is 0 Å². The van der Waals surface area contributed by atoms with Gasteiger partial charge < -0.3 is 10.6 Å². The van der Waals surface area contributed by atoms with Crippen LogP contribution in [0.4, 0.5) is 16.2 Å². The van der Waals surface area contributed by atoms with Crippen molar-refractivity contribution >= 4 is 23.3 Å². The Morgan fingerprint density at radius 3 is 2.67 bits per heavy atom. The zero-order valence-corrected chi connectivity index (χ0v) is 11.8. The molecule has 1 heterocycles. The van der Waals surface area contributed by atoms with Crippen molar-refractivity contribution in [2.24, 2.45) is 5.92 Å². The molecule has 1 saturated heterocycles. The maximum atomic E-state index is 12.1. The van der Waals surface area contributed by atoms with Gasteiger partial charge in [-0.2, -0.15) is 0 Å². The molecule has 1 atom stereocenters. The summed E-state index contributed by atoms with van der Waals surface area (Å²) in [7, 11) is 0. The molecule has 2 N–H and O–H groups in total. The predicted octanol–water partition coefficient (Wildman–Crippen LogP) is 2.51. The van der Waals surface area contributed by atoms with Crippen molar-refractivity contribution in [3.63, 3.8) is 0 Å². The Labute approximate surface area is 124 Å². The molecular formula is C16H19N3O2. The lowest BCUT2D eigenvalue weighted by Gasteiger charge is -2.18. The first-order valence-corrected chi connectivity index (χ1v) is 7.35. The average molecular weight is 285 g/mol. The van der Waals surface area contributed by atoms with Crippen LogP contribution in [0.1, 0.15) is 19.3 Å². The van der Waals surface area contributed by atoms with Gasteiger partial charge in [-0.05, 0) is 43.5 Å². The van der Waals surface area contributed by atoms with E-state index in [1.54, 1.807) is 4.90 Å². The van der Waals surface area contributed by atoms with Crippen molar-refractivity contribution in [2.75, 3.05) is 23.3 Å². The van der Waals surface area contributed by atoms with Crippen LogP contribution >= 0.6 is 0 Å². The third-order valence-electron chi connectivity index (χ3n) is 3.94. The highest BCUT2D eigenvalue weighted by Gasteiger charge is 2.21. The second-order valence-electron chi connectivity index (χ2n) is 5.40. The van der Waals surface area contributed by atoms with Crippen LogP contribution in [0.5, 0.6) is 0 Å². The zero-order chi connectivity index (χ0) is 14.7. The number of hydrogen-bond donors (Lipinski definition) is 2. The minimum absolute atomic E-state index is 0.0686. The topological polar surface area (TPSA) is 61.4 Å². The molecule has 1 fully saturated rings. The summed E-state index contributed by atoms with van der Waals surface area (Å²) in [6.07, 6.45) is 6.90. The molecule has 1 aliphatic heterocycles. The zero-order valence-electron chi connectivity index (χ0n) is 11.8. The van der Waals surface area contributed by atoms with Gasteiger partial charge in [0.05, 0.1) is 0 Å². The molecule has 1 unspecified atom stereocenters. The van der Waals surface area contributed by atoms with Crippen LogP contribution in [-0.4, -0.2) is 25.0 Å². The van der Waals surface area contributed by atoms with Gasteiger partial charge in [-0.1, -0.05) is 12.2 Å². The quantitative estimate of drug-likeness (QED) is 0.838. The maximum absolute atomic E-state index is 12.1. The lowest BCUT2D eigenvalue weighted by Crippen LogP contribution is -2.27. The Balaban J connectivity index is 1.63. The van der Waals surface area contributed by atoms with Crippen molar-refractivity contribution in [2.45, 2.75) is 19.3 Å². The van der Waals surface area contributed by atoms with Crippen molar-refractivity contribution in [3.05, 3.63) is 36.4 Å². The molecule has 0 spiro atoms. The molecule has 1 aliphatic carbocycles. The largest absolute Gasteiger partial charge is 0.336 e. The summed E-state index contributed by atoms with van der Waals surface area (Å²) in [4.78, 5) is 25.4. The molecule has 0 aromatic heterocycles. The summed E-state index contributed by atoms with van der Waals surface area (Å²) in [5.74, 6) is 0.144. The fraction of sp³-hybridized carbons (Fsp3) is 0.375. The van der Waals surface area contributed by atoms with E-state index in [4.69, 9.17) is 0 Å². The summed E-state index contributed by atoms with van der Waals surface area (Å²) in [6.45, 7) is 1.35. The number of benzene rings is 1. The first kappa shape index (κ1) is 13.7. The van der Waals surface area contributed by atoms with Crippen LogP contribution in [-0.2, 0) is 4.79 Å². The first-order chi connectivity index (χ1) is 10.2. The Morgan fingerprint density at radius 1 is 1.24 bits per heavy atom. The molecule has 3 amide bonds. The van der Waals surface area contributed by atoms with Gasteiger partial charge in [-0.3, -0.25) is 9.69 Å². The molecule has 21 heavy (non-hydrogen) atoms. The van der Waals surface area contributed by atoms with Gasteiger partial charge in [-0.15, -0.1) is 0 Å². The molecular weight excluding hydrogens is 266 g/mol. The highest BCUT2D eigenvalue weighted by atomic mass is 16.2. The molecule has 110 valence electrons. The van der Waals surface area contributed by atoms with E-state index >= 15 is 0 Å². The van der Waals surface area contributed by atoms with Crippen LogP contribution in [0.15, 0.2) is 36.4 Å². The molecule has 0 saturated carbocycles. The SMILES string of the molecule is O=C(Nc1ccc(N2CCNC2=O)cc1)C1CC=CCC1. The summed E-state index contributed by atoms with van der Waals surface area (Å²) < 4.78 is 0. The van der Waals surface area contributed by atoms with Crippen LogP contribution in [0.25, 0.3) is 0 Å². The van der Waals surface area contributed by atoms with Crippen LogP contribution in [0, 0.1) is 5.92 Å². The van der Waals surface area contributed by atoms with Crippen molar-refractivity contribution < 1.29 is 9.59 Å². The number of anilines is 2. The first-order valence-electron chi connectivity index (χ1n) is 7.35. The molecule has 0 bridgehead atoms. The Morgan fingerprint density at radius 2 is 2.05 bits per heavy atom. The summed E-state index contributed by atoms with van der Waals surface area (Å²) in [6, 6.07) is 7.35. The van der Waals surface area contributed by atoms with Gasteiger partial charge in [0.15, 0.2) is 0 Å². The second kappa shape index (κ2) is 5.99. The number of urea groups is 1. The number of rotatable bonds is 3. The lowest BCUT2D eigenvalue weighted by molar-refractivity contribution is -0.120. The fourth-order valence-electron chi connectivity index (χ4n) is 2.72. The van der Waals surface area contributed by atoms with Gasteiger partial charge >= 0.3 is 6.03 Å². The van der Waals surface area contributed by atoms with Crippen molar-refractivity contribution in [1.82, 2.24) is 5.32 Å². The molecule has 1 aromatic rings. The van der Waals surface area contributed by atoms with Crippen LogP contribution in [0.2, 0.25) is 0 Å². The van der Waals surface area contributed by atoms with E-state index < -0.39 is 0 Å². The highest BCUT2D eigenvalue weighted by molar-refractivity contribution is 5.95. The number of hydrogen-bond acceptors (Lipinski definition) is 2. The standard InChI is InChI=1S/C16H19N3O2/c20-15(12-4-2-1-3-5-12)18-13-6-8-14(9-7-13)19-11-10-17-16(19)21/h1-2,6-9,12H,3-5,10-11H2,(H,17,21)(H,18,20). The summed E-state index contributed by atoms with van der Waals surface area (Å²) >= 11 is 0. The Hall–Kier alpha value is -2.30. The minimum Gasteiger partial charge on any atom is -0.336 e. The number of nitrogens with zero attached hydrogens (tertiary/aromatic N) is 1. The van der Waals surface area contributed by atoms with E-state index in [-0.39, 0.29) is 17.9 Å². The van der Waals surface area contributed by atoms with E-state index in [1.807, 2.05) is 24.3 Å². The molecule has 5 nitrogen and oxygen atoms in total. The van der Waals surface area contributed by atoms with E-state index in [0.717, 1.165) is 30.6 Å². The van der Waals surface area contributed by atoms with Gasteiger partial charge in [-0.25, -0.2) is 4.79 Å². The van der Waals surface area contributed by atoms with E-state index in [2.05, 4.69) is 22.8 Å². The van der Waals surface area contributed by atoms with E-state index in [0.29, 0.717) is 13.1 Å². The van der Waals surface area contributed by atoms with Crippen LogP contribution in [0.3, 0.4) is 0 Å². The number of carbonyl (C=O) groups excluding carboxylic acids is 2. The molecule has 5 heteroatoms. The van der Waals surface area contributed by atoms with E-state index in [1.165, 1.54) is 0 Å². The lowest BCUT2D eigenvalue weighted by atomic mass is 9.93. The van der Waals surface area contributed by atoms with Gasteiger partial charge in [0.1, 0.15) is 0 Å². The number of amides is 3.